The van der Waals surface area contributed by atoms with Crippen LogP contribution in [0.25, 0.3) is 0 Å². The van der Waals surface area contributed by atoms with Crippen molar-refractivity contribution < 1.29 is 17.6 Å². The minimum atomic E-state index is -3.71. The minimum Gasteiger partial charge on any atom is -0.497 e. The Morgan fingerprint density at radius 2 is 2.05 bits per heavy atom. The van der Waals surface area contributed by atoms with Gasteiger partial charge in [0.15, 0.2) is 0 Å². The molecule has 0 unspecified atom stereocenters. The number of anilines is 1. The number of ether oxygens (including phenoxy) is 1. The van der Waals surface area contributed by atoms with Gasteiger partial charge in [-0.2, -0.15) is 0 Å². The molecule has 5 nitrogen and oxygen atoms in total. The number of benzene rings is 1. The number of hydrogen-bond acceptors (Lipinski definition) is 4. The zero-order valence-corrected chi connectivity index (χ0v) is 13.5. The fourth-order valence-electron chi connectivity index (χ4n) is 1.94. The molecule has 2 aromatic rings. The lowest BCUT2D eigenvalue weighted by Crippen LogP contribution is -2.26. The summed E-state index contributed by atoms with van der Waals surface area (Å²) in [4.78, 5) is 0.114. The predicted octanol–water partition coefficient (Wildman–Crippen LogP) is 3.16. The van der Waals surface area contributed by atoms with Crippen molar-refractivity contribution in [1.29, 1.82) is 0 Å². The van der Waals surface area contributed by atoms with Gasteiger partial charge in [-0.05, 0) is 19.1 Å². The summed E-state index contributed by atoms with van der Waals surface area (Å²) in [5, 5.41) is 0. The lowest BCUT2D eigenvalue weighted by Gasteiger charge is -2.19. The van der Waals surface area contributed by atoms with Gasteiger partial charge in [0.05, 0.1) is 18.7 Å². The van der Waals surface area contributed by atoms with Crippen molar-refractivity contribution in [2.24, 2.45) is 0 Å². The van der Waals surface area contributed by atoms with E-state index in [4.69, 9.17) is 20.8 Å². The lowest BCUT2D eigenvalue weighted by atomic mass is 10.3. The van der Waals surface area contributed by atoms with E-state index in [0.717, 1.165) is 0 Å². The molecule has 0 atom stereocenters. The average molecular weight is 330 g/mol. The zero-order valence-electron chi connectivity index (χ0n) is 12.0. The average Bonchev–Trinajstić information content (AvgIpc) is 2.88. The van der Waals surface area contributed by atoms with Gasteiger partial charge in [0, 0.05) is 19.2 Å². The first-order valence-electron chi connectivity index (χ1n) is 6.18. The van der Waals surface area contributed by atoms with Crippen LogP contribution in [0.3, 0.4) is 0 Å². The van der Waals surface area contributed by atoms with E-state index < -0.39 is 10.0 Å². The fourth-order valence-corrected chi connectivity index (χ4v) is 3.44. The molecule has 1 heterocycles. The van der Waals surface area contributed by atoms with Gasteiger partial charge in [-0.1, -0.05) is 6.07 Å². The highest BCUT2D eigenvalue weighted by Crippen LogP contribution is 2.28. The Morgan fingerprint density at radius 3 is 2.62 bits per heavy atom. The number of hydrogen-bond donors (Lipinski definition) is 0. The van der Waals surface area contributed by atoms with Crippen LogP contribution >= 0.6 is 11.6 Å². The van der Waals surface area contributed by atoms with Gasteiger partial charge < -0.3 is 9.15 Å². The Bertz CT molecular complexity index is 739. The van der Waals surface area contributed by atoms with Crippen LogP contribution in [-0.2, 0) is 15.9 Å². The molecule has 0 aliphatic carbocycles. The third-order valence-corrected chi connectivity index (χ3v) is 5.27. The second-order valence-electron chi connectivity index (χ2n) is 4.44. The van der Waals surface area contributed by atoms with Crippen LogP contribution in [0.15, 0.2) is 39.6 Å². The van der Waals surface area contributed by atoms with E-state index in [1.165, 1.54) is 24.5 Å². The number of sulfonamides is 1. The number of nitrogens with zero attached hydrogens (tertiary/aromatic N) is 1. The maximum atomic E-state index is 12.7. The minimum absolute atomic E-state index is 0.114. The third kappa shape index (κ3) is 3.01. The van der Waals surface area contributed by atoms with Crippen molar-refractivity contribution in [1.82, 2.24) is 0 Å². The summed E-state index contributed by atoms with van der Waals surface area (Å²) < 4.78 is 36.9. The lowest BCUT2D eigenvalue weighted by molar-refractivity contribution is 0.415. The Labute approximate surface area is 129 Å². The molecular weight excluding hydrogens is 314 g/mol. The largest absolute Gasteiger partial charge is 0.497 e. The number of halogens is 1. The highest BCUT2D eigenvalue weighted by Gasteiger charge is 2.26. The Balaban J connectivity index is 2.44. The van der Waals surface area contributed by atoms with Gasteiger partial charge in [-0.3, -0.25) is 4.31 Å². The van der Waals surface area contributed by atoms with Crippen LogP contribution in [0.4, 0.5) is 5.69 Å². The van der Waals surface area contributed by atoms with Crippen LogP contribution in [-0.4, -0.2) is 22.6 Å². The van der Waals surface area contributed by atoms with Crippen LogP contribution in [0, 0.1) is 6.92 Å². The molecule has 0 fully saturated rings. The molecular formula is C14H16ClNO4S. The van der Waals surface area contributed by atoms with Crippen LogP contribution in [0.5, 0.6) is 5.75 Å². The summed E-state index contributed by atoms with van der Waals surface area (Å²) in [6.45, 7) is 1.60. The maximum absolute atomic E-state index is 12.7. The number of alkyl halides is 1. The van der Waals surface area contributed by atoms with Gasteiger partial charge in [-0.25, -0.2) is 8.42 Å². The summed E-state index contributed by atoms with van der Waals surface area (Å²) in [5.41, 5.74) is 0.502. The molecule has 1 aromatic heterocycles. The van der Waals surface area contributed by atoms with E-state index in [9.17, 15) is 8.42 Å². The predicted molar refractivity (Wildman–Crippen MR) is 81.6 cm³/mol. The van der Waals surface area contributed by atoms with Crippen molar-refractivity contribution in [2.45, 2.75) is 17.7 Å². The summed E-state index contributed by atoms with van der Waals surface area (Å²) in [5.74, 6) is 1.45. The Morgan fingerprint density at radius 1 is 1.33 bits per heavy atom. The number of furan rings is 1. The number of aryl methyl sites for hydroxylation is 1. The molecule has 114 valence electrons. The van der Waals surface area contributed by atoms with Gasteiger partial charge in [0.2, 0.25) is 0 Å². The highest BCUT2D eigenvalue weighted by molar-refractivity contribution is 7.92. The molecule has 7 heteroatoms. The zero-order chi connectivity index (χ0) is 15.6. The summed E-state index contributed by atoms with van der Waals surface area (Å²) in [7, 11) is -0.700. The van der Waals surface area contributed by atoms with E-state index in [0.29, 0.717) is 23.0 Å². The second kappa shape index (κ2) is 5.99. The molecule has 2 rings (SSSR count). The van der Waals surface area contributed by atoms with Crippen LogP contribution in [0.2, 0.25) is 0 Å². The molecule has 0 radical (unpaired) electrons. The molecule has 1 aromatic carbocycles. The molecule has 0 bridgehead atoms. The van der Waals surface area contributed by atoms with Crippen molar-refractivity contribution in [3.63, 3.8) is 0 Å². The number of methoxy groups -OCH3 is 1. The summed E-state index contributed by atoms with van der Waals surface area (Å²) >= 11 is 5.68. The standard InChI is InChI=1S/C14H16ClNO4S/c1-10-14(8-13(9-15)20-10)21(17,18)16(2)11-5-4-6-12(7-11)19-3/h4-8H,9H2,1-3H3. The topological polar surface area (TPSA) is 59.8 Å². The van der Waals surface area contributed by atoms with E-state index in [1.807, 2.05) is 0 Å². The molecule has 0 saturated carbocycles. The molecule has 21 heavy (non-hydrogen) atoms. The first kappa shape index (κ1) is 15.7. The molecule has 0 spiro atoms. The Kier molecular flexibility index (Phi) is 4.49. The van der Waals surface area contributed by atoms with E-state index >= 15 is 0 Å². The van der Waals surface area contributed by atoms with Crippen molar-refractivity contribution in [2.75, 3.05) is 18.5 Å². The highest BCUT2D eigenvalue weighted by atomic mass is 35.5. The smallest absolute Gasteiger partial charge is 0.267 e. The second-order valence-corrected chi connectivity index (χ2v) is 6.65. The van der Waals surface area contributed by atoms with Crippen molar-refractivity contribution in [3.05, 3.63) is 41.9 Å². The molecule has 0 N–H and O–H groups in total. The van der Waals surface area contributed by atoms with Gasteiger partial charge in [0.25, 0.3) is 10.0 Å². The van der Waals surface area contributed by atoms with E-state index in [-0.39, 0.29) is 10.8 Å². The van der Waals surface area contributed by atoms with Crippen LogP contribution < -0.4 is 9.04 Å². The molecule has 0 amide bonds. The molecule has 0 aliphatic rings. The first-order chi connectivity index (χ1) is 9.90. The van der Waals surface area contributed by atoms with Gasteiger partial charge >= 0.3 is 0 Å². The maximum Gasteiger partial charge on any atom is 0.267 e. The van der Waals surface area contributed by atoms with Crippen LogP contribution in [0.1, 0.15) is 11.5 Å². The van der Waals surface area contributed by atoms with Crippen molar-refractivity contribution in [3.8, 4) is 5.75 Å². The molecule has 0 aliphatic heterocycles. The first-order valence-corrected chi connectivity index (χ1v) is 8.16. The quantitative estimate of drug-likeness (QED) is 0.791. The Hall–Kier alpha value is -1.66. The summed E-state index contributed by atoms with van der Waals surface area (Å²) in [6, 6.07) is 8.27. The van der Waals surface area contributed by atoms with Crippen molar-refractivity contribution >= 4 is 27.3 Å². The summed E-state index contributed by atoms with van der Waals surface area (Å²) in [6.07, 6.45) is 0. The van der Waals surface area contributed by atoms with Gasteiger partial charge in [-0.15, -0.1) is 11.6 Å². The normalized spacial score (nSPS) is 11.4. The van der Waals surface area contributed by atoms with E-state index in [1.54, 1.807) is 31.2 Å². The monoisotopic (exact) mass is 329 g/mol. The third-order valence-electron chi connectivity index (χ3n) is 3.11. The number of rotatable bonds is 5. The van der Waals surface area contributed by atoms with Gasteiger partial charge in [0.1, 0.15) is 22.2 Å². The fraction of sp³-hybridized carbons (Fsp3) is 0.286. The molecule has 0 saturated heterocycles. The SMILES string of the molecule is COc1cccc(N(C)S(=O)(=O)c2cc(CCl)oc2C)c1. The van der Waals surface area contributed by atoms with E-state index in [2.05, 4.69) is 0 Å².